The third kappa shape index (κ3) is 3.57. The van der Waals surface area contributed by atoms with Gasteiger partial charge in [-0.25, -0.2) is 0 Å². The SMILES string of the molecule is Cc1noc(C)c1-c1ccc(C(=O)NNC(=O)c2ccccc2Cl)s1. The number of benzene rings is 1. The third-order valence-corrected chi connectivity index (χ3v) is 4.95. The Bertz CT molecular complexity index is 929. The molecule has 128 valence electrons. The van der Waals surface area contributed by atoms with Crippen LogP contribution < -0.4 is 10.9 Å². The number of halogens is 1. The van der Waals surface area contributed by atoms with Gasteiger partial charge in [-0.15, -0.1) is 11.3 Å². The van der Waals surface area contributed by atoms with E-state index in [4.69, 9.17) is 16.1 Å². The van der Waals surface area contributed by atoms with Crippen LogP contribution in [0.25, 0.3) is 10.4 Å². The Hall–Kier alpha value is -2.64. The molecule has 0 atom stereocenters. The molecule has 3 aromatic rings. The van der Waals surface area contributed by atoms with E-state index in [1.807, 2.05) is 19.9 Å². The minimum atomic E-state index is -0.485. The van der Waals surface area contributed by atoms with Crippen LogP contribution in [0.1, 0.15) is 31.5 Å². The predicted molar refractivity (Wildman–Crippen MR) is 95.7 cm³/mol. The molecule has 0 saturated heterocycles. The quantitative estimate of drug-likeness (QED) is 0.683. The van der Waals surface area contributed by atoms with Crippen LogP contribution in [0.2, 0.25) is 5.02 Å². The van der Waals surface area contributed by atoms with Crippen LogP contribution in [0.4, 0.5) is 0 Å². The smallest absolute Gasteiger partial charge is 0.279 e. The zero-order valence-corrected chi connectivity index (χ0v) is 15.0. The van der Waals surface area contributed by atoms with Gasteiger partial charge in [0.25, 0.3) is 11.8 Å². The molecular weight excluding hydrogens is 362 g/mol. The minimum absolute atomic E-state index is 0.284. The number of hydrazine groups is 1. The molecule has 2 heterocycles. The summed E-state index contributed by atoms with van der Waals surface area (Å²) in [5, 5.41) is 4.22. The van der Waals surface area contributed by atoms with E-state index in [-0.39, 0.29) is 5.56 Å². The molecule has 2 N–H and O–H groups in total. The molecule has 0 bridgehead atoms. The fraction of sp³-hybridized carbons (Fsp3) is 0.118. The van der Waals surface area contributed by atoms with Crippen LogP contribution in [0, 0.1) is 13.8 Å². The first-order valence-electron chi connectivity index (χ1n) is 7.35. The van der Waals surface area contributed by atoms with E-state index in [0.29, 0.717) is 15.7 Å². The van der Waals surface area contributed by atoms with Crippen molar-refractivity contribution in [2.45, 2.75) is 13.8 Å². The van der Waals surface area contributed by atoms with Crippen molar-refractivity contribution in [3.63, 3.8) is 0 Å². The normalized spacial score (nSPS) is 10.5. The predicted octanol–water partition coefficient (Wildman–Crippen LogP) is 3.75. The Morgan fingerprint density at radius 3 is 2.48 bits per heavy atom. The molecule has 2 amide bonds. The molecule has 0 radical (unpaired) electrons. The zero-order chi connectivity index (χ0) is 18.0. The van der Waals surface area contributed by atoms with E-state index in [2.05, 4.69) is 16.0 Å². The lowest BCUT2D eigenvalue weighted by molar-refractivity contribution is 0.0849. The Labute approximate surface area is 152 Å². The third-order valence-electron chi connectivity index (χ3n) is 3.52. The van der Waals surface area contributed by atoms with Crippen molar-refractivity contribution in [2.24, 2.45) is 0 Å². The van der Waals surface area contributed by atoms with Gasteiger partial charge in [0, 0.05) is 4.88 Å². The van der Waals surface area contributed by atoms with Crippen LogP contribution in [0.3, 0.4) is 0 Å². The summed E-state index contributed by atoms with van der Waals surface area (Å²) in [5.74, 6) is -0.205. The lowest BCUT2D eigenvalue weighted by Gasteiger charge is -2.07. The molecule has 0 fully saturated rings. The van der Waals surface area contributed by atoms with Gasteiger partial charge in [-0.05, 0) is 38.1 Å². The number of amides is 2. The van der Waals surface area contributed by atoms with Crippen LogP contribution in [0.15, 0.2) is 40.9 Å². The van der Waals surface area contributed by atoms with Gasteiger partial charge in [0.05, 0.1) is 26.7 Å². The van der Waals surface area contributed by atoms with E-state index in [1.165, 1.54) is 11.3 Å². The first-order valence-corrected chi connectivity index (χ1v) is 8.55. The number of carbonyl (C=O) groups excluding carboxylic acids is 2. The highest BCUT2D eigenvalue weighted by atomic mass is 35.5. The molecular formula is C17H14ClN3O3S. The van der Waals surface area contributed by atoms with Gasteiger partial charge in [0.15, 0.2) is 0 Å². The summed E-state index contributed by atoms with van der Waals surface area (Å²) >= 11 is 7.24. The number of nitrogens with one attached hydrogen (secondary N) is 2. The average molecular weight is 376 g/mol. The van der Waals surface area contributed by atoms with Crippen molar-refractivity contribution < 1.29 is 14.1 Å². The van der Waals surface area contributed by atoms with Crippen molar-refractivity contribution in [3.8, 4) is 10.4 Å². The Morgan fingerprint density at radius 2 is 1.80 bits per heavy atom. The monoisotopic (exact) mass is 375 g/mol. The summed E-state index contributed by atoms with van der Waals surface area (Å²) < 4.78 is 5.15. The lowest BCUT2D eigenvalue weighted by Crippen LogP contribution is -2.41. The molecule has 0 unspecified atom stereocenters. The second-order valence-corrected chi connectivity index (χ2v) is 6.74. The Kier molecular flexibility index (Phi) is 4.87. The molecule has 25 heavy (non-hydrogen) atoms. The van der Waals surface area contributed by atoms with Crippen LogP contribution >= 0.6 is 22.9 Å². The molecule has 2 aromatic heterocycles. The van der Waals surface area contributed by atoms with E-state index in [0.717, 1.165) is 16.1 Å². The second kappa shape index (κ2) is 7.08. The van der Waals surface area contributed by atoms with Crippen molar-refractivity contribution in [3.05, 3.63) is 63.3 Å². The maximum atomic E-state index is 12.2. The number of carbonyl (C=O) groups is 2. The van der Waals surface area contributed by atoms with Gasteiger partial charge >= 0.3 is 0 Å². The van der Waals surface area contributed by atoms with Gasteiger partial charge < -0.3 is 4.52 Å². The Balaban J connectivity index is 1.69. The van der Waals surface area contributed by atoms with Crippen LogP contribution in [-0.4, -0.2) is 17.0 Å². The summed E-state index contributed by atoms with van der Waals surface area (Å²) in [4.78, 5) is 25.6. The fourth-order valence-corrected chi connectivity index (χ4v) is 3.58. The maximum Gasteiger partial charge on any atom is 0.279 e. The van der Waals surface area contributed by atoms with E-state index >= 15 is 0 Å². The average Bonchev–Trinajstić information content (AvgIpc) is 3.19. The minimum Gasteiger partial charge on any atom is -0.361 e. The summed E-state index contributed by atoms with van der Waals surface area (Å²) in [7, 11) is 0. The van der Waals surface area contributed by atoms with Crippen LogP contribution in [0.5, 0.6) is 0 Å². The van der Waals surface area contributed by atoms with E-state index < -0.39 is 11.8 Å². The highest BCUT2D eigenvalue weighted by Gasteiger charge is 2.17. The lowest BCUT2D eigenvalue weighted by atomic mass is 10.2. The van der Waals surface area contributed by atoms with E-state index in [1.54, 1.807) is 30.3 Å². The number of thiophene rings is 1. The first kappa shape index (κ1) is 17.2. The molecule has 6 nitrogen and oxygen atoms in total. The molecule has 0 aliphatic heterocycles. The summed E-state index contributed by atoms with van der Waals surface area (Å²) in [6, 6.07) is 10.1. The zero-order valence-electron chi connectivity index (χ0n) is 13.4. The largest absolute Gasteiger partial charge is 0.361 e. The molecule has 0 aliphatic carbocycles. The number of rotatable bonds is 3. The van der Waals surface area contributed by atoms with Gasteiger partial charge in [0.2, 0.25) is 0 Å². The number of aromatic nitrogens is 1. The van der Waals surface area contributed by atoms with Crippen molar-refractivity contribution >= 4 is 34.8 Å². The second-order valence-electron chi connectivity index (χ2n) is 5.25. The first-order chi connectivity index (χ1) is 12.0. The topological polar surface area (TPSA) is 84.2 Å². The van der Waals surface area contributed by atoms with Crippen molar-refractivity contribution in [1.29, 1.82) is 0 Å². The number of hydrogen-bond acceptors (Lipinski definition) is 5. The standard InChI is InChI=1S/C17H14ClN3O3S/c1-9-15(10(2)24-21-9)13-7-8-14(25-13)17(23)20-19-16(22)11-5-3-4-6-12(11)18/h3-8H,1-2H3,(H,19,22)(H,20,23). The summed E-state index contributed by atoms with van der Waals surface area (Å²) in [6.07, 6.45) is 0. The van der Waals surface area contributed by atoms with Gasteiger partial charge in [0.1, 0.15) is 5.76 Å². The fourth-order valence-electron chi connectivity index (χ4n) is 2.32. The Morgan fingerprint density at radius 1 is 1.08 bits per heavy atom. The van der Waals surface area contributed by atoms with Crippen molar-refractivity contribution in [1.82, 2.24) is 16.0 Å². The van der Waals surface area contributed by atoms with Crippen LogP contribution in [-0.2, 0) is 0 Å². The molecule has 0 saturated carbocycles. The van der Waals surface area contributed by atoms with Crippen molar-refractivity contribution in [2.75, 3.05) is 0 Å². The van der Waals surface area contributed by atoms with Gasteiger partial charge in [-0.2, -0.15) is 0 Å². The number of hydrogen-bond donors (Lipinski definition) is 2. The molecule has 1 aromatic carbocycles. The maximum absolute atomic E-state index is 12.2. The van der Waals surface area contributed by atoms with Gasteiger partial charge in [-0.1, -0.05) is 28.9 Å². The van der Waals surface area contributed by atoms with Gasteiger partial charge in [-0.3, -0.25) is 20.4 Å². The summed E-state index contributed by atoms with van der Waals surface area (Å²) in [6.45, 7) is 3.66. The summed E-state index contributed by atoms with van der Waals surface area (Å²) in [5.41, 5.74) is 6.67. The molecule has 3 rings (SSSR count). The number of nitrogens with zero attached hydrogens (tertiary/aromatic N) is 1. The molecule has 8 heteroatoms. The van der Waals surface area contributed by atoms with E-state index in [9.17, 15) is 9.59 Å². The number of aryl methyl sites for hydroxylation is 2. The molecule has 0 aliphatic rings. The highest BCUT2D eigenvalue weighted by molar-refractivity contribution is 7.17. The molecule has 0 spiro atoms. The highest BCUT2D eigenvalue weighted by Crippen LogP contribution is 2.32.